The molecule has 3 atom stereocenters. The molecular formula is C26H31N3O. The Morgan fingerprint density at radius 1 is 1.27 bits per heavy atom. The van der Waals surface area contributed by atoms with Gasteiger partial charge in [-0.1, -0.05) is 36.9 Å². The summed E-state index contributed by atoms with van der Waals surface area (Å²) in [5.41, 5.74) is 2.23. The van der Waals surface area contributed by atoms with Gasteiger partial charge in [0.15, 0.2) is 0 Å². The van der Waals surface area contributed by atoms with Crippen molar-refractivity contribution in [3.05, 3.63) is 85.3 Å². The van der Waals surface area contributed by atoms with Crippen LogP contribution in [0.5, 0.6) is 0 Å². The molecule has 0 spiro atoms. The zero-order valence-corrected chi connectivity index (χ0v) is 17.5. The lowest BCUT2D eigenvalue weighted by molar-refractivity contribution is -0.116. The number of allylic oxidation sites excluding steroid dienone is 6. The van der Waals surface area contributed by atoms with Gasteiger partial charge in [-0.15, -0.1) is 0 Å². The summed E-state index contributed by atoms with van der Waals surface area (Å²) in [7, 11) is 0. The fourth-order valence-corrected chi connectivity index (χ4v) is 4.55. The van der Waals surface area contributed by atoms with E-state index >= 15 is 0 Å². The third kappa shape index (κ3) is 4.54. The number of hydrogen-bond acceptors (Lipinski definition) is 3. The first-order chi connectivity index (χ1) is 14.7. The zero-order chi connectivity index (χ0) is 20.9. The summed E-state index contributed by atoms with van der Waals surface area (Å²) < 4.78 is 0. The van der Waals surface area contributed by atoms with Crippen molar-refractivity contribution >= 4 is 22.4 Å². The van der Waals surface area contributed by atoms with Crippen LogP contribution in [0.1, 0.15) is 14.8 Å². The summed E-state index contributed by atoms with van der Waals surface area (Å²) in [5, 5.41) is 5.45. The number of nitrogens with zero attached hydrogens (tertiary/aromatic N) is 2. The molecule has 4 nitrogen and oxygen atoms in total. The first-order valence-corrected chi connectivity index (χ1v) is 10.7. The average molecular weight is 402 g/mol. The van der Waals surface area contributed by atoms with Gasteiger partial charge in [0, 0.05) is 50.6 Å². The molecule has 1 saturated heterocycles. The minimum atomic E-state index is -0.0404. The SMILES string of the molecule is C=CC(/C=C/C(=O)NCCC1[C@H]2CN(c3ccc4cnccc4c3)C[C@@H]12)=C\C=C/C.[HH]. The van der Waals surface area contributed by atoms with Crippen LogP contribution >= 0.6 is 0 Å². The number of rotatable bonds is 8. The van der Waals surface area contributed by atoms with E-state index in [0.717, 1.165) is 49.4 Å². The van der Waals surface area contributed by atoms with Gasteiger partial charge in [0.25, 0.3) is 0 Å². The molecule has 1 aromatic heterocycles. The number of carbonyl (C=O) groups is 1. The molecule has 2 aliphatic rings. The third-order valence-corrected chi connectivity index (χ3v) is 6.28. The van der Waals surface area contributed by atoms with Crippen LogP contribution in [0, 0.1) is 17.8 Å². The van der Waals surface area contributed by atoms with Gasteiger partial charge in [0.1, 0.15) is 0 Å². The Labute approximate surface area is 180 Å². The number of benzene rings is 1. The highest BCUT2D eigenvalue weighted by Gasteiger charge is 2.54. The van der Waals surface area contributed by atoms with Gasteiger partial charge in [0.2, 0.25) is 5.91 Å². The van der Waals surface area contributed by atoms with E-state index in [1.165, 1.54) is 16.5 Å². The fourth-order valence-electron chi connectivity index (χ4n) is 4.55. The molecule has 4 rings (SSSR count). The number of pyridine rings is 1. The van der Waals surface area contributed by atoms with Crippen molar-refractivity contribution in [3.63, 3.8) is 0 Å². The van der Waals surface area contributed by atoms with E-state index in [0.29, 0.717) is 0 Å². The van der Waals surface area contributed by atoms with E-state index < -0.39 is 0 Å². The van der Waals surface area contributed by atoms with Crippen molar-refractivity contribution in [1.82, 2.24) is 10.3 Å². The van der Waals surface area contributed by atoms with Gasteiger partial charge in [0.05, 0.1) is 0 Å². The Kier molecular flexibility index (Phi) is 6.12. The van der Waals surface area contributed by atoms with Gasteiger partial charge in [-0.3, -0.25) is 9.78 Å². The van der Waals surface area contributed by atoms with Crippen molar-refractivity contribution < 1.29 is 6.22 Å². The molecule has 2 aromatic rings. The number of amides is 1. The van der Waals surface area contributed by atoms with Crippen LogP contribution < -0.4 is 10.2 Å². The van der Waals surface area contributed by atoms with Crippen molar-refractivity contribution in [1.29, 1.82) is 0 Å². The molecule has 0 bridgehead atoms. The lowest BCUT2D eigenvalue weighted by Crippen LogP contribution is -2.26. The van der Waals surface area contributed by atoms with Gasteiger partial charge in [-0.25, -0.2) is 0 Å². The van der Waals surface area contributed by atoms with Crippen molar-refractivity contribution in [3.8, 4) is 0 Å². The highest BCUT2D eigenvalue weighted by molar-refractivity contribution is 5.88. The van der Waals surface area contributed by atoms with Crippen LogP contribution in [-0.4, -0.2) is 30.5 Å². The second kappa shape index (κ2) is 9.12. The molecule has 1 aliphatic heterocycles. The number of nitrogens with one attached hydrogen (secondary N) is 1. The van der Waals surface area contributed by atoms with Crippen LogP contribution in [0.3, 0.4) is 0 Å². The maximum absolute atomic E-state index is 12.0. The van der Waals surface area contributed by atoms with Gasteiger partial charge in [-0.05, 0) is 66.3 Å². The summed E-state index contributed by atoms with van der Waals surface area (Å²) in [6.45, 7) is 8.72. The lowest BCUT2D eigenvalue weighted by atomic mass is 10.1. The molecular weight excluding hydrogens is 370 g/mol. The van der Waals surface area contributed by atoms with Crippen LogP contribution in [0.4, 0.5) is 5.69 Å². The quantitative estimate of drug-likeness (QED) is 0.505. The van der Waals surface area contributed by atoms with E-state index in [-0.39, 0.29) is 7.33 Å². The number of piperidine rings is 1. The second-order valence-electron chi connectivity index (χ2n) is 8.11. The molecule has 1 aromatic carbocycles. The zero-order valence-electron chi connectivity index (χ0n) is 17.5. The summed E-state index contributed by atoms with van der Waals surface area (Å²) in [5.74, 6) is 2.23. The molecule has 1 saturated carbocycles. The minimum absolute atomic E-state index is 0. The lowest BCUT2D eigenvalue weighted by Gasteiger charge is -2.22. The molecule has 2 fully saturated rings. The van der Waals surface area contributed by atoms with Gasteiger partial charge in [-0.2, -0.15) is 0 Å². The number of carbonyl (C=O) groups excluding carboxylic acids is 1. The summed E-state index contributed by atoms with van der Waals surface area (Å²) >= 11 is 0. The van der Waals surface area contributed by atoms with E-state index in [4.69, 9.17) is 0 Å². The molecule has 4 heteroatoms. The van der Waals surface area contributed by atoms with Crippen molar-refractivity contribution in [2.24, 2.45) is 17.8 Å². The van der Waals surface area contributed by atoms with E-state index in [2.05, 4.69) is 46.0 Å². The molecule has 0 radical (unpaired) electrons. The standard InChI is InChI=1S/C26H29N3O.H2/c1-3-5-6-19(4-2)7-10-26(30)28-14-12-23-24-17-29(18-25(23)24)22-9-8-21-16-27-13-11-20(21)15-22;/h3-11,13,15-16,23-25H,2,12,14,17-18H2,1H3,(H,28,30);1H/b5-3-,10-7+,19-6+;/t23?,24-,25+;. The predicted molar refractivity (Wildman–Crippen MR) is 126 cm³/mol. The molecule has 1 unspecified atom stereocenters. The largest absolute Gasteiger partial charge is 0.371 e. The van der Waals surface area contributed by atoms with E-state index in [9.17, 15) is 4.79 Å². The second-order valence-corrected chi connectivity index (χ2v) is 8.11. The Hall–Kier alpha value is -3.14. The number of fused-ring (bicyclic) bond motifs is 2. The first kappa shape index (κ1) is 20.1. The summed E-state index contributed by atoms with van der Waals surface area (Å²) in [6, 6.07) is 8.71. The van der Waals surface area contributed by atoms with E-state index in [1.807, 2.05) is 37.5 Å². The molecule has 1 amide bonds. The molecule has 1 N–H and O–H groups in total. The topological polar surface area (TPSA) is 45.2 Å². The number of anilines is 1. The van der Waals surface area contributed by atoms with Crippen LogP contribution in [0.25, 0.3) is 10.8 Å². The first-order valence-electron chi connectivity index (χ1n) is 10.7. The fraction of sp³-hybridized carbons (Fsp3) is 0.308. The highest BCUT2D eigenvalue weighted by Crippen LogP contribution is 2.54. The van der Waals surface area contributed by atoms with Crippen LogP contribution in [-0.2, 0) is 4.79 Å². The Morgan fingerprint density at radius 2 is 2.10 bits per heavy atom. The monoisotopic (exact) mass is 401 g/mol. The molecule has 156 valence electrons. The van der Waals surface area contributed by atoms with Crippen LogP contribution in [0.2, 0.25) is 0 Å². The maximum atomic E-state index is 12.0. The Balaban J connectivity index is 0.00000272. The van der Waals surface area contributed by atoms with Gasteiger partial charge < -0.3 is 10.2 Å². The third-order valence-electron chi connectivity index (χ3n) is 6.28. The van der Waals surface area contributed by atoms with E-state index in [1.54, 1.807) is 18.2 Å². The molecule has 2 heterocycles. The van der Waals surface area contributed by atoms with Crippen molar-refractivity contribution in [2.75, 3.05) is 24.5 Å². The number of hydrogen-bond donors (Lipinski definition) is 1. The normalized spacial score (nSPS) is 23.3. The van der Waals surface area contributed by atoms with Gasteiger partial charge >= 0.3 is 0 Å². The smallest absolute Gasteiger partial charge is 0.243 e. The molecule has 1 aliphatic carbocycles. The van der Waals surface area contributed by atoms with Crippen LogP contribution in [0.15, 0.2) is 85.3 Å². The summed E-state index contributed by atoms with van der Waals surface area (Å²) in [4.78, 5) is 18.7. The van der Waals surface area contributed by atoms with Crippen molar-refractivity contribution in [2.45, 2.75) is 13.3 Å². The summed E-state index contributed by atoms with van der Waals surface area (Å²) in [6.07, 6.45) is 15.8. The maximum Gasteiger partial charge on any atom is 0.243 e. The average Bonchev–Trinajstić information content (AvgIpc) is 3.21. The minimum Gasteiger partial charge on any atom is -0.371 e. The Morgan fingerprint density at radius 3 is 2.87 bits per heavy atom. The molecule has 30 heavy (non-hydrogen) atoms. The number of aromatic nitrogens is 1. The Bertz CT molecular complexity index is 1010. The highest BCUT2D eigenvalue weighted by atomic mass is 16.1. The predicted octanol–water partition coefficient (Wildman–Crippen LogP) is 4.91.